The van der Waals surface area contributed by atoms with Gasteiger partial charge in [-0.15, -0.1) is 0 Å². The molecule has 112 valence electrons. The maximum atomic E-state index is 11.1. The van der Waals surface area contributed by atoms with Crippen molar-refractivity contribution >= 4 is 5.69 Å². The third kappa shape index (κ3) is 3.57. The van der Waals surface area contributed by atoms with Crippen LogP contribution in [0.25, 0.3) is 0 Å². The third-order valence-electron chi connectivity index (χ3n) is 3.12. The van der Waals surface area contributed by atoms with Gasteiger partial charge in [-0.1, -0.05) is 6.07 Å². The van der Waals surface area contributed by atoms with Gasteiger partial charge in [-0.05, 0) is 25.6 Å². The van der Waals surface area contributed by atoms with Crippen LogP contribution in [-0.2, 0) is 19.7 Å². The van der Waals surface area contributed by atoms with Crippen LogP contribution >= 0.6 is 0 Å². The van der Waals surface area contributed by atoms with Crippen LogP contribution in [0.15, 0.2) is 30.7 Å². The Bertz CT molecular complexity index is 624. The zero-order valence-electron chi connectivity index (χ0n) is 12.1. The number of nitro benzene ring substituents is 1. The van der Waals surface area contributed by atoms with Gasteiger partial charge in [0.05, 0.1) is 23.1 Å². The van der Waals surface area contributed by atoms with Gasteiger partial charge in [0, 0.05) is 19.2 Å². The smallest absolute Gasteiger partial charge is 0.310 e. The standard InChI is InChI=1S/C14H18N4O3/c1-3-17-10-16-8-12(17)9-21-14-6-11(7-15-2)4-5-13(14)18(19)20/h4-6,8,10,15H,3,7,9H2,1-2H3. The molecular formula is C14H18N4O3. The lowest BCUT2D eigenvalue weighted by atomic mass is 10.2. The van der Waals surface area contributed by atoms with Crippen molar-refractivity contribution in [1.29, 1.82) is 0 Å². The molecule has 2 rings (SSSR count). The first-order chi connectivity index (χ1) is 10.2. The van der Waals surface area contributed by atoms with Crippen molar-refractivity contribution in [3.63, 3.8) is 0 Å². The number of hydrogen-bond acceptors (Lipinski definition) is 5. The van der Waals surface area contributed by atoms with E-state index >= 15 is 0 Å². The van der Waals surface area contributed by atoms with Crippen molar-refractivity contribution in [2.75, 3.05) is 7.05 Å². The Morgan fingerprint density at radius 1 is 1.48 bits per heavy atom. The number of rotatable bonds is 7. The molecule has 0 atom stereocenters. The number of nitro groups is 1. The molecule has 0 spiro atoms. The lowest BCUT2D eigenvalue weighted by Crippen LogP contribution is -2.07. The molecular weight excluding hydrogens is 272 g/mol. The van der Waals surface area contributed by atoms with Crippen LogP contribution in [-0.4, -0.2) is 21.5 Å². The summed E-state index contributed by atoms with van der Waals surface area (Å²) in [4.78, 5) is 14.7. The highest BCUT2D eigenvalue weighted by Crippen LogP contribution is 2.28. The fraction of sp³-hybridized carbons (Fsp3) is 0.357. The Kier molecular flexibility index (Phi) is 4.89. The number of aromatic nitrogens is 2. The summed E-state index contributed by atoms with van der Waals surface area (Å²) in [5.41, 5.74) is 1.78. The van der Waals surface area contributed by atoms with Gasteiger partial charge in [0.2, 0.25) is 0 Å². The van der Waals surface area contributed by atoms with Crippen LogP contribution in [0.1, 0.15) is 18.2 Å². The summed E-state index contributed by atoms with van der Waals surface area (Å²) in [6, 6.07) is 4.89. The quantitative estimate of drug-likeness (QED) is 0.624. The van der Waals surface area contributed by atoms with Crippen molar-refractivity contribution in [2.45, 2.75) is 26.6 Å². The van der Waals surface area contributed by atoms with Gasteiger partial charge >= 0.3 is 5.69 Å². The van der Waals surface area contributed by atoms with Crippen molar-refractivity contribution in [1.82, 2.24) is 14.9 Å². The number of hydrogen-bond donors (Lipinski definition) is 1. The third-order valence-corrected chi connectivity index (χ3v) is 3.12. The minimum absolute atomic E-state index is 0.0302. The molecule has 0 saturated heterocycles. The summed E-state index contributed by atoms with van der Waals surface area (Å²) in [5, 5.41) is 14.1. The predicted octanol–water partition coefficient (Wildman–Crippen LogP) is 2.11. The number of benzene rings is 1. The summed E-state index contributed by atoms with van der Waals surface area (Å²) in [5.74, 6) is 0.275. The van der Waals surface area contributed by atoms with Crippen molar-refractivity contribution in [3.05, 3.63) is 52.1 Å². The monoisotopic (exact) mass is 290 g/mol. The Hall–Kier alpha value is -2.41. The molecule has 1 N–H and O–H groups in total. The molecule has 21 heavy (non-hydrogen) atoms. The second kappa shape index (κ2) is 6.85. The molecule has 2 aromatic rings. The normalized spacial score (nSPS) is 10.6. The minimum atomic E-state index is -0.435. The molecule has 1 aromatic carbocycles. The van der Waals surface area contributed by atoms with Crippen LogP contribution in [0.4, 0.5) is 5.69 Å². The Balaban J connectivity index is 2.20. The molecule has 0 saturated carbocycles. The number of imidazole rings is 1. The minimum Gasteiger partial charge on any atom is -0.480 e. The van der Waals surface area contributed by atoms with Crippen molar-refractivity contribution < 1.29 is 9.66 Å². The van der Waals surface area contributed by atoms with Crippen LogP contribution in [0.3, 0.4) is 0 Å². The van der Waals surface area contributed by atoms with E-state index < -0.39 is 4.92 Å². The van der Waals surface area contributed by atoms with E-state index in [1.165, 1.54) is 6.07 Å². The Labute approximate surface area is 122 Å². The molecule has 0 aliphatic heterocycles. The van der Waals surface area contributed by atoms with E-state index in [0.29, 0.717) is 6.54 Å². The van der Waals surface area contributed by atoms with E-state index in [1.54, 1.807) is 24.7 Å². The summed E-state index contributed by atoms with van der Waals surface area (Å²) < 4.78 is 7.58. The zero-order chi connectivity index (χ0) is 15.2. The van der Waals surface area contributed by atoms with Crippen molar-refractivity contribution in [2.24, 2.45) is 0 Å². The van der Waals surface area contributed by atoms with E-state index in [9.17, 15) is 10.1 Å². The van der Waals surface area contributed by atoms with Gasteiger partial charge in [-0.2, -0.15) is 0 Å². The van der Waals surface area contributed by atoms with Gasteiger partial charge < -0.3 is 14.6 Å². The second-order valence-electron chi connectivity index (χ2n) is 4.55. The Morgan fingerprint density at radius 2 is 2.29 bits per heavy atom. The van der Waals surface area contributed by atoms with Crippen LogP contribution in [0, 0.1) is 10.1 Å². The van der Waals surface area contributed by atoms with E-state index in [4.69, 9.17) is 4.74 Å². The molecule has 7 heteroatoms. The van der Waals surface area contributed by atoms with Crippen LogP contribution in [0.5, 0.6) is 5.75 Å². The lowest BCUT2D eigenvalue weighted by molar-refractivity contribution is -0.386. The van der Waals surface area contributed by atoms with Gasteiger partial charge in [0.1, 0.15) is 6.61 Å². The highest BCUT2D eigenvalue weighted by Gasteiger charge is 2.16. The maximum Gasteiger partial charge on any atom is 0.310 e. The molecule has 0 amide bonds. The van der Waals surface area contributed by atoms with Gasteiger partial charge in [0.25, 0.3) is 0 Å². The number of nitrogens with one attached hydrogen (secondary N) is 1. The highest BCUT2D eigenvalue weighted by molar-refractivity contribution is 5.48. The van der Waals surface area contributed by atoms with E-state index in [1.807, 2.05) is 18.5 Å². The number of nitrogens with zero attached hydrogens (tertiary/aromatic N) is 3. The predicted molar refractivity (Wildman–Crippen MR) is 78.1 cm³/mol. The Morgan fingerprint density at radius 3 is 2.95 bits per heavy atom. The average Bonchev–Trinajstić information content (AvgIpc) is 2.92. The molecule has 1 heterocycles. The lowest BCUT2D eigenvalue weighted by Gasteiger charge is -2.10. The van der Waals surface area contributed by atoms with E-state index in [-0.39, 0.29) is 18.0 Å². The highest BCUT2D eigenvalue weighted by atomic mass is 16.6. The topological polar surface area (TPSA) is 82.2 Å². The van der Waals surface area contributed by atoms with E-state index in [0.717, 1.165) is 17.8 Å². The van der Waals surface area contributed by atoms with Crippen molar-refractivity contribution in [3.8, 4) is 5.75 Å². The molecule has 0 radical (unpaired) electrons. The number of aryl methyl sites for hydroxylation is 1. The van der Waals surface area contributed by atoms with Crippen LogP contribution < -0.4 is 10.1 Å². The molecule has 0 fully saturated rings. The first-order valence-electron chi connectivity index (χ1n) is 6.69. The molecule has 0 unspecified atom stereocenters. The average molecular weight is 290 g/mol. The largest absolute Gasteiger partial charge is 0.480 e. The molecule has 0 aliphatic carbocycles. The fourth-order valence-electron chi connectivity index (χ4n) is 2.04. The van der Waals surface area contributed by atoms with Gasteiger partial charge in [-0.3, -0.25) is 10.1 Å². The molecule has 0 bridgehead atoms. The number of ether oxygens (including phenoxy) is 1. The summed E-state index contributed by atoms with van der Waals surface area (Å²) in [6.45, 7) is 3.65. The maximum absolute atomic E-state index is 11.1. The fourth-order valence-corrected chi connectivity index (χ4v) is 2.04. The first-order valence-corrected chi connectivity index (χ1v) is 6.69. The van der Waals surface area contributed by atoms with Crippen LogP contribution in [0.2, 0.25) is 0 Å². The summed E-state index contributed by atoms with van der Waals surface area (Å²) >= 11 is 0. The molecule has 7 nitrogen and oxygen atoms in total. The molecule has 0 aliphatic rings. The molecule has 1 aromatic heterocycles. The first kappa shape index (κ1) is 15.0. The van der Waals surface area contributed by atoms with Gasteiger partial charge in [-0.25, -0.2) is 4.98 Å². The van der Waals surface area contributed by atoms with E-state index in [2.05, 4.69) is 10.3 Å². The zero-order valence-corrected chi connectivity index (χ0v) is 12.1. The van der Waals surface area contributed by atoms with Gasteiger partial charge in [0.15, 0.2) is 5.75 Å². The SMILES string of the molecule is CCn1cncc1COc1cc(CNC)ccc1[N+](=O)[O-]. The second-order valence-corrected chi connectivity index (χ2v) is 4.55. The summed E-state index contributed by atoms with van der Waals surface area (Å²) in [6.07, 6.45) is 3.41. The summed E-state index contributed by atoms with van der Waals surface area (Å²) in [7, 11) is 1.82.